The number of benzene rings is 3. The Bertz CT molecular complexity index is 1490. The molecule has 0 heterocycles. The summed E-state index contributed by atoms with van der Waals surface area (Å²) in [6.45, 7) is 2.44. The van der Waals surface area contributed by atoms with E-state index in [9.17, 15) is 13.9 Å². The number of halogens is 2. The summed E-state index contributed by atoms with van der Waals surface area (Å²) in [6, 6.07) is 14.8. The summed E-state index contributed by atoms with van der Waals surface area (Å²) in [4.78, 5) is 0. The molecule has 1 N–H and O–H groups in total. The smallest absolute Gasteiger partial charge is 0.167 e. The maximum atomic E-state index is 14.0. The molecule has 6 rings (SSSR count). The fourth-order valence-corrected chi connectivity index (χ4v) is 7.43. The van der Waals surface area contributed by atoms with E-state index in [0.29, 0.717) is 29.3 Å². The maximum Gasteiger partial charge on any atom is 0.167 e. The fraction of sp³-hybridized carbons (Fsp3) is 0.394. The van der Waals surface area contributed by atoms with Crippen molar-refractivity contribution in [2.45, 2.75) is 58.0 Å². The number of ether oxygens (including phenoxy) is 2. The molecule has 5 nitrogen and oxygen atoms in total. The number of hydrogen-bond acceptors (Lipinski definition) is 5. The molecule has 4 atom stereocenters. The topological polar surface area (TPSA) is 63.4 Å². The highest BCUT2D eigenvalue weighted by molar-refractivity contribution is 5.93. The third kappa shape index (κ3) is 4.87. The van der Waals surface area contributed by atoms with Crippen molar-refractivity contribution < 1.29 is 23.4 Å². The van der Waals surface area contributed by atoms with E-state index in [1.807, 2.05) is 30.3 Å². The molecule has 0 saturated heterocycles. The van der Waals surface area contributed by atoms with Crippen molar-refractivity contribution >= 4 is 11.9 Å². The van der Waals surface area contributed by atoms with E-state index in [1.165, 1.54) is 22.9 Å². The van der Waals surface area contributed by atoms with Gasteiger partial charge in [-0.25, -0.2) is 8.78 Å². The second kappa shape index (κ2) is 10.7. The number of fused-ring (bicyclic) bond motifs is 5. The van der Waals surface area contributed by atoms with Gasteiger partial charge in [0.2, 0.25) is 0 Å². The molecule has 2 fully saturated rings. The van der Waals surface area contributed by atoms with Gasteiger partial charge in [0.15, 0.2) is 11.6 Å². The van der Waals surface area contributed by atoms with E-state index in [-0.39, 0.29) is 17.8 Å². The highest BCUT2D eigenvalue weighted by Crippen LogP contribution is 2.60. The Hall–Kier alpha value is -3.74. The van der Waals surface area contributed by atoms with Gasteiger partial charge in [-0.15, -0.1) is 0 Å². The molecule has 2 saturated carbocycles. The van der Waals surface area contributed by atoms with Gasteiger partial charge >= 0.3 is 0 Å². The highest BCUT2D eigenvalue weighted by Gasteiger charge is 2.53. The van der Waals surface area contributed by atoms with Crippen molar-refractivity contribution in [1.82, 2.24) is 0 Å². The average molecular weight is 545 g/mol. The Morgan fingerprint density at radius 2 is 1.85 bits per heavy atom. The van der Waals surface area contributed by atoms with E-state index in [0.717, 1.165) is 61.8 Å². The lowest BCUT2D eigenvalue weighted by atomic mass is 9.55. The van der Waals surface area contributed by atoms with Gasteiger partial charge in [-0.05, 0) is 115 Å². The van der Waals surface area contributed by atoms with Crippen LogP contribution in [0.15, 0.2) is 64.8 Å². The Balaban J connectivity index is 1.17. The second-order valence-corrected chi connectivity index (χ2v) is 11.5. The van der Waals surface area contributed by atoms with Crippen LogP contribution in [0.3, 0.4) is 0 Å². The first-order chi connectivity index (χ1) is 19.4. The largest absolute Gasteiger partial charge is 0.508 e. The van der Waals surface area contributed by atoms with Crippen LogP contribution in [0.1, 0.15) is 67.2 Å². The number of nitrogens with zero attached hydrogens (tertiary/aromatic N) is 2. The molecule has 3 aliphatic rings. The highest BCUT2D eigenvalue weighted by atomic mass is 19.1. The summed E-state index contributed by atoms with van der Waals surface area (Å²) >= 11 is 0. The lowest BCUT2D eigenvalue weighted by Crippen LogP contribution is -2.42. The van der Waals surface area contributed by atoms with Crippen molar-refractivity contribution in [1.29, 1.82) is 0 Å². The average Bonchev–Trinajstić information content (AvgIpc) is 3.28. The Kier molecular flexibility index (Phi) is 7.07. The van der Waals surface area contributed by atoms with Gasteiger partial charge in [-0.1, -0.05) is 13.0 Å². The molecule has 3 aromatic carbocycles. The summed E-state index contributed by atoms with van der Waals surface area (Å²) in [6.07, 6.45) is 8.26. The molecule has 0 spiro atoms. The Labute approximate surface area is 233 Å². The van der Waals surface area contributed by atoms with Crippen molar-refractivity contribution in [3.63, 3.8) is 0 Å². The molecule has 40 heavy (non-hydrogen) atoms. The van der Waals surface area contributed by atoms with Crippen LogP contribution in [-0.4, -0.2) is 24.1 Å². The van der Waals surface area contributed by atoms with Crippen LogP contribution >= 0.6 is 0 Å². The maximum absolute atomic E-state index is 14.0. The quantitative estimate of drug-likeness (QED) is 0.257. The molecule has 0 aromatic heterocycles. The molecular formula is C33H34F2N2O3. The molecule has 0 radical (unpaired) electrons. The lowest BCUT2D eigenvalue weighted by molar-refractivity contribution is 0.0955. The van der Waals surface area contributed by atoms with Crippen LogP contribution in [0.2, 0.25) is 0 Å². The summed E-state index contributed by atoms with van der Waals surface area (Å²) in [5, 5.41) is 19.2. The summed E-state index contributed by atoms with van der Waals surface area (Å²) < 4.78 is 38.3. The normalized spacial score (nSPS) is 26.4. The van der Waals surface area contributed by atoms with E-state index in [4.69, 9.17) is 14.6 Å². The Morgan fingerprint density at radius 3 is 2.67 bits per heavy atom. The van der Waals surface area contributed by atoms with Crippen LogP contribution < -0.4 is 9.47 Å². The minimum absolute atomic E-state index is 0.0210. The molecule has 0 unspecified atom stereocenters. The molecule has 7 heteroatoms. The SMILES string of the molecule is COc1ccc(/C=N\N=C2\CC[C@@H]3[C@@H]4CCc5cc(O)ccc5[C@H]4CC[C@]23C)cc1COc1ccc(F)cc1F. The molecule has 0 bridgehead atoms. The van der Waals surface area contributed by atoms with Crippen LogP contribution in [0.4, 0.5) is 8.78 Å². The van der Waals surface area contributed by atoms with Crippen LogP contribution in [0, 0.1) is 28.9 Å². The minimum Gasteiger partial charge on any atom is -0.508 e. The zero-order chi connectivity index (χ0) is 27.9. The zero-order valence-corrected chi connectivity index (χ0v) is 22.9. The predicted octanol–water partition coefficient (Wildman–Crippen LogP) is 7.59. The number of phenols is 1. The monoisotopic (exact) mass is 544 g/mol. The minimum atomic E-state index is -0.748. The van der Waals surface area contributed by atoms with Crippen LogP contribution in [0.5, 0.6) is 17.2 Å². The fourth-order valence-electron chi connectivity index (χ4n) is 7.43. The number of rotatable bonds is 6. The van der Waals surface area contributed by atoms with Crippen molar-refractivity contribution in [3.8, 4) is 17.2 Å². The van der Waals surface area contributed by atoms with Gasteiger partial charge in [0.25, 0.3) is 0 Å². The van der Waals surface area contributed by atoms with Crippen LogP contribution in [-0.2, 0) is 13.0 Å². The van der Waals surface area contributed by atoms with Gasteiger partial charge in [0, 0.05) is 22.8 Å². The van der Waals surface area contributed by atoms with Crippen molar-refractivity contribution in [2.75, 3.05) is 7.11 Å². The molecular weight excluding hydrogens is 510 g/mol. The number of aryl methyl sites for hydroxylation is 1. The van der Waals surface area contributed by atoms with E-state index in [1.54, 1.807) is 13.3 Å². The number of aromatic hydroxyl groups is 1. The van der Waals surface area contributed by atoms with E-state index >= 15 is 0 Å². The molecule has 0 aliphatic heterocycles. The standard InChI is InChI=1S/C33H34F2N2O3/c1-33-14-13-26-25-8-6-24(38)16-21(25)4-7-27(26)28(33)9-12-32(33)37-36-18-20-3-10-30(39-2)22(15-20)19-40-31-11-5-23(34)17-29(31)35/h3,5-6,8,10-11,15-18,26-28,38H,4,7,9,12-14,19H2,1-2H3/b36-18-,37-32-/t26-,27-,28-,33+/m1/s1. The molecule has 3 aliphatic carbocycles. The lowest BCUT2D eigenvalue weighted by Gasteiger charge is -2.49. The number of phenolic OH excluding ortho intramolecular Hbond substituents is 1. The zero-order valence-electron chi connectivity index (χ0n) is 22.9. The van der Waals surface area contributed by atoms with Crippen molar-refractivity contribution in [3.05, 3.63) is 88.5 Å². The van der Waals surface area contributed by atoms with Gasteiger partial charge in [0.1, 0.15) is 23.9 Å². The number of hydrogen-bond donors (Lipinski definition) is 1. The van der Waals surface area contributed by atoms with Crippen molar-refractivity contribution in [2.24, 2.45) is 27.5 Å². The van der Waals surface area contributed by atoms with E-state index in [2.05, 4.69) is 18.1 Å². The summed E-state index contributed by atoms with van der Waals surface area (Å²) in [7, 11) is 1.57. The third-order valence-corrected chi connectivity index (χ3v) is 9.42. The van der Waals surface area contributed by atoms with Gasteiger partial charge in [-0.2, -0.15) is 10.2 Å². The van der Waals surface area contributed by atoms with Crippen LogP contribution in [0.25, 0.3) is 0 Å². The predicted molar refractivity (Wildman–Crippen MR) is 151 cm³/mol. The summed E-state index contributed by atoms with van der Waals surface area (Å²) in [5.41, 5.74) is 5.55. The van der Waals surface area contributed by atoms with Gasteiger partial charge in [-0.3, -0.25) is 0 Å². The first kappa shape index (κ1) is 26.5. The second-order valence-electron chi connectivity index (χ2n) is 11.5. The first-order valence-corrected chi connectivity index (χ1v) is 14.0. The van der Waals surface area contributed by atoms with Gasteiger partial charge in [0.05, 0.1) is 13.3 Å². The Morgan fingerprint density at radius 1 is 1.00 bits per heavy atom. The van der Waals surface area contributed by atoms with Gasteiger partial charge < -0.3 is 14.6 Å². The first-order valence-electron chi connectivity index (χ1n) is 14.0. The van der Waals surface area contributed by atoms with E-state index < -0.39 is 11.6 Å². The molecule has 208 valence electrons. The third-order valence-electron chi connectivity index (χ3n) is 9.42. The summed E-state index contributed by atoms with van der Waals surface area (Å²) in [5.74, 6) is 1.36. The molecule has 0 amide bonds. The molecule has 3 aromatic rings. The number of methoxy groups -OCH3 is 1.